The standard InChI is InChI=1S/C15H18N4O/c1-4-12-9-13(18-15(17-12)19(2)3)10-6-5-7-11(8-10)14(16)20/h5-9H,4H2,1-3H3,(H2,16,20). The van der Waals surface area contributed by atoms with Crippen LogP contribution in [0, 0.1) is 0 Å². The third kappa shape index (κ3) is 2.93. The van der Waals surface area contributed by atoms with Gasteiger partial charge >= 0.3 is 0 Å². The van der Waals surface area contributed by atoms with Gasteiger partial charge in [-0.05, 0) is 24.6 Å². The van der Waals surface area contributed by atoms with Gasteiger partial charge in [0.15, 0.2) is 0 Å². The van der Waals surface area contributed by atoms with E-state index >= 15 is 0 Å². The van der Waals surface area contributed by atoms with E-state index in [4.69, 9.17) is 5.73 Å². The smallest absolute Gasteiger partial charge is 0.248 e. The average Bonchev–Trinajstić information content (AvgIpc) is 2.46. The third-order valence-corrected chi connectivity index (χ3v) is 2.97. The second-order valence-electron chi connectivity index (χ2n) is 4.74. The van der Waals surface area contributed by atoms with Crippen LogP contribution in [0.1, 0.15) is 23.0 Å². The van der Waals surface area contributed by atoms with Crippen molar-refractivity contribution in [2.24, 2.45) is 5.73 Å². The number of rotatable bonds is 4. The minimum atomic E-state index is -0.440. The minimum absolute atomic E-state index is 0.440. The van der Waals surface area contributed by atoms with Gasteiger partial charge in [-0.25, -0.2) is 9.97 Å². The zero-order valence-corrected chi connectivity index (χ0v) is 11.9. The molecule has 5 heteroatoms. The van der Waals surface area contributed by atoms with Crippen molar-refractivity contribution in [1.29, 1.82) is 0 Å². The van der Waals surface area contributed by atoms with Gasteiger partial charge in [-0.3, -0.25) is 4.79 Å². The summed E-state index contributed by atoms with van der Waals surface area (Å²) in [6, 6.07) is 9.10. The van der Waals surface area contributed by atoms with E-state index in [0.29, 0.717) is 11.5 Å². The summed E-state index contributed by atoms with van der Waals surface area (Å²) in [5.41, 5.74) is 8.41. The highest BCUT2D eigenvalue weighted by Crippen LogP contribution is 2.21. The first-order valence-electron chi connectivity index (χ1n) is 6.46. The van der Waals surface area contributed by atoms with E-state index in [9.17, 15) is 4.79 Å². The molecule has 5 nitrogen and oxygen atoms in total. The molecule has 0 radical (unpaired) electrons. The number of carbonyl (C=O) groups is 1. The lowest BCUT2D eigenvalue weighted by Crippen LogP contribution is -2.14. The fraction of sp³-hybridized carbons (Fsp3) is 0.267. The first-order chi connectivity index (χ1) is 9.51. The van der Waals surface area contributed by atoms with Crippen LogP contribution in [0.25, 0.3) is 11.3 Å². The van der Waals surface area contributed by atoms with E-state index in [1.165, 1.54) is 0 Å². The lowest BCUT2D eigenvalue weighted by molar-refractivity contribution is 0.100. The predicted octanol–water partition coefficient (Wildman–Crippen LogP) is 1.87. The van der Waals surface area contributed by atoms with Crippen molar-refractivity contribution in [2.45, 2.75) is 13.3 Å². The van der Waals surface area contributed by atoms with Crippen molar-refractivity contribution in [3.05, 3.63) is 41.6 Å². The topological polar surface area (TPSA) is 72.1 Å². The molecule has 2 aromatic rings. The number of hydrogen-bond acceptors (Lipinski definition) is 4. The molecule has 0 bridgehead atoms. The maximum Gasteiger partial charge on any atom is 0.248 e. The number of nitrogens with two attached hydrogens (primary N) is 1. The molecule has 0 unspecified atom stereocenters. The summed E-state index contributed by atoms with van der Waals surface area (Å²) < 4.78 is 0. The molecule has 104 valence electrons. The van der Waals surface area contributed by atoms with Gasteiger partial charge in [-0.2, -0.15) is 0 Å². The largest absolute Gasteiger partial charge is 0.366 e. The second kappa shape index (κ2) is 5.69. The maximum absolute atomic E-state index is 11.3. The monoisotopic (exact) mass is 270 g/mol. The minimum Gasteiger partial charge on any atom is -0.366 e. The number of benzene rings is 1. The van der Waals surface area contributed by atoms with Crippen molar-refractivity contribution in [2.75, 3.05) is 19.0 Å². The normalized spacial score (nSPS) is 10.3. The van der Waals surface area contributed by atoms with E-state index in [0.717, 1.165) is 23.4 Å². The summed E-state index contributed by atoms with van der Waals surface area (Å²) in [4.78, 5) is 22.1. The van der Waals surface area contributed by atoms with Crippen LogP contribution in [-0.4, -0.2) is 30.0 Å². The number of carbonyl (C=O) groups excluding carboxylic acids is 1. The lowest BCUT2D eigenvalue weighted by atomic mass is 10.1. The summed E-state index contributed by atoms with van der Waals surface area (Å²) in [5, 5.41) is 0. The molecule has 2 N–H and O–H groups in total. The molecule has 0 spiro atoms. The van der Waals surface area contributed by atoms with Crippen LogP contribution in [0.15, 0.2) is 30.3 Å². The predicted molar refractivity (Wildman–Crippen MR) is 79.7 cm³/mol. The van der Waals surface area contributed by atoms with Gasteiger partial charge in [0.1, 0.15) is 0 Å². The number of amides is 1. The van der Waals surface area contributed by atoms with Crippen LogP contribution in [0.4, 0.5) is 5.95 Å². The van der Waals surface area contributed by atoms with Gasteiger partial charge in [0.2, 0.25) is 11.9 Å². The average molecular weight is 270 g/mol. The second-order valence-corrected chi connectivity index (χ2v) is 4.74. The van der Waals surface area contributed by atoms with Crippen LogP contribution in [0.5, 0.6) is 0 Å². The third-order valence-electron chi connectivity index (χ3n) is 2.97. The highest BCUT2D eigenvalue weighted by molar-refractivity contribution is 5.94. The van der Waals surface area contributed by atoms with Crippen LogP contribution < -0.4 is 10.6 Å². The first-order valence-corrected chi connectivity index (χ1v) is 6.46. The molecular weight excluding hydrogens is 252 g/mol. The Labute approximate surface area is 118 Å². The molecule has 2 rings (SSSR count). The van der Waals surface area contributed by atoms with E-state index in [2.05, 4.69) is 9.97 Å². The molecule has 1 aromatic heterocycles. The van der Waals surface area contributed by atoms with Gasteiger partial charge in [0.05, 0.1) is 5.69 Å². The number of hydrogen-bond donors (Lipinski definition) is 1. The molecule has 0 aliphatic heterocycles. The van der Waals surface area contributed by atoms with Crippen molar-refractivity contribution in [1.82, 2.24) is 9.97 Å². The highest BCUT2D eigenvalue weighted by Gasteiger charge is 2.09. The summed E-state index contributed by atoms with van der Waals surface area (Å²) in [6.45, 7) is 2.05. The molecule has 0 atom stereocenters. The molecule has 0 aliphatic carbocycles. The number of nitrogens with zero attached hydrogens (tertiary/aromatic N) is 3. The maximum atomic E-state index is 11.3. The van der Waals surface area contributed by atoms with Crippen molar-refractivity contribution in [3.8, 4) is 11.3 Å². The Balaban J connectivity index is 2.53. The lowest BCUT2D eigenvalue weighted by Gasteiger charge is -2.13. The molecule has 1 heterocycles. The zero-order chi connectivity index (χ0) is 14.7. The number of anilines is 1. The molecule has 0 fully saturated rings. The summed E-state index contributed by atoms with van der Waals surface area (Å²) in [6.07, 6.45) is 0.825. The fourth-order valence-corrected chi connectivity index (χ4v) is 1.84. The molecule has 0 aliphatic rings. The van der Waals surface area contributed by atoms with Crippen LogP contribution >= 0.6 is 0 Å². The Bertz CT molecular complexity index is 638. The van der Waals surface area contributed by atoms with Crippen LogP contribution in [0.2, 0.25) is 0 Å². The Morgan fingerprint density at radius 3 is 2.60 bits per heavy atom. The summed E-state index contributed by atoms with van der Waals surface area (Å²) >= 11 is 0. The Morgan fingerprint density at radius 1 is 1.25 bits per heavy atom. The van der Waals surface area contributed by atoms with Gasteiger partial charge in [-0.15, -0.1) is 0 Å². The summed E-state index contributed by atoms with van der Waals surface area (Å²) in [7, 11) is 3.80. The highest BCUT2D eigenvalue weighted by atomic mass is 16.1. The van der Waals surface area contributed by atoms with Gasteiger partial charge in [0, 0.05) is 30.9 Å². The fourth-order valence-electron chi connectivity index (χ4n) is 1.84. The van der Waals surface area contributed by atoms with Gasteiger partial charge in [0.25, 0.3) is 0 Å². The molecule has 0 saturated carbocycles. The van der Waals surface area contributed by atoms with Crippen LogP contribution in [0.3, 0.4) is 0 Å². The first kappa shape index (κ1) is 14.0. The Kier molecular flexibility index (Phi) is 3.98. The van der Waals surface area contributed by atoms with Crippen molar-refractivity contribution in [3.63, 3.8) is 0 Å². The quantitative estimate of drug-likeness (QED) is 0.920. The molecule has 1 aromatic carbocycles. The van der Waals surface area contributed by atoms with Crippen molar-refractivity contribution < 1.29 is 4.79 Å². The van der Waals surface area contributed by atoms with Crippen LogP contribution in [-0.2, 0) is 6.42 Å². The number of aromatic nitrogens is 2. The van der Waals surface area contributed by atoms with E-state index < -0.39 is 5.91 Å². The molecular formula is C15H18N4O. The van der Waals surface area contributed by atoms with E-state index in [1.54, 1.807) is 18.2 Å². The van der Waals surface area contributed by atoms with E-state index in [1.807, 2.05) is 38.1 Å². The van der Waals surface area contributed by atoms with Crippen molar-refractivity contribution >= 4 is 11.9 Å². The molecule has 20 heavy (non-hydrogen) atoms. The Hall–Kier alpha value is -2.43. The molecule has 0 saturated heterocycles. The van der Waals surface area contributed by atoms with E-state index in [-0.39, 0.29) is 0 Å². The number of primary amides is 1. The Morgan fingerprint density at radius 2 is 2.00 bits per heavy atom. The summed E-state index contributed by atoms with van der Waals surface area (Å²) in [5.74, 6) is 0.216. The van der Waals surface area contributed by atoms with Gasteiger partial charge in [-0.1, -0.05) is 19.1 Å². The number of aryl methyl sites for hydroxylation is 1. The zero-order valence-electron chi connectivity index (χ0n) is 11.9. The molecule has 1 amide bonds. The SMILES string of the molecule is CCc1cc(-c2cccc(C(N)=O)c2)nc(N(C)C)n1. The van der Waals surface area contributed by atoms with Gasteiger partial charge < -0.3 is 10.6 Å².